The number of ether oxygens (including phenoxy) is 1. The number of benzene rings is 2. The van der Waals surface area contributed by atoms with E-state index < -0.39 is 11.9 Å². The third-order valence-electron chi connectivity index (χ3n) is 5.33. The lowest BCUT2D eigenvalue weighted by atomic mass is 10.3. The van der Waals surface area contributed by atoms with Crippen molar-refractivity contribution >= 4 is 28.9 Å². The normalized spacial score (nSPS) is 14.4. The molecular weight excluding hydrogens is 436 g/mol. The second kappa shape index (κ2) is 12.4. The molecule has 3 aromatic rings. The first kappa shape index (κ1) is 24.8. The summed E-state index contributed by atoms with van der Waals surface area (Å²) in [5.41, 5.74) is 2.23. The zero-order chi connectivity index (χ0) is 24.3. The van der Waals surface area contributed by atoms with E-state index in [9.17, 15) is 9.59 Å². The molecule has 0 atom stereocenters. The fourth-order valence-electron chi connectivity index (χ4n) is 3.69. The number of likely N-dealkylation sites (N-methyl/N-ethyl adjacent to an activating group) is 1. The Morgan fingerprint density at radius 1 is 0.941 bits per heavy atom. The van der Waals surface area contributed by atoms with Gasteiger partial charge in [0.25, 0.3) is 0 Å². The molecule has 0 amide bonds. The van der Waals surface area contributed by atoms with Crippen LogP contribution in [0.1, 0.15) is 6.42 Å². The minimum atomic E-state index is -1.26. The molecule has 4 rings (SSSR count). The van der Waals surface area contributed by atoms with Gasteiger partial charge in [-0.25, -0.2) is 14.6 Å². The summed E-state index contributed by atoms with van der Waals surface area (Å²) < 4.78 is 8.25. The SMILES string of the molecule is CN1CCCN(c2nc3ccccc3n2CCOc2ccccc2)CC1.O=C(O)/C=C/C(=O)O. The Labute approximate surface area is 198 Å². The van der Waals surface area contributed by atoms with Crippen molar-refractivity contribution in [3.8, 4) is 5.75 Å². The van der Waals surface area contributed by atoms with E-state index in [0.29, 0.717) is 18.8 Å². The van der Waals surface area contributed by atoms with E-state index >= 15 is 0 Å². The zero-order valence-corrected chi connectivity index (χ0v) is 19.2. The van der Waals surface area contributed by atoms with Crippen molar-refractivity contribution in [2.24, 2.45) is 0 Å². The first-order valence-corrected chi connectivity index (χ1v) is 11.1. The highest BCUT2D eigenvalue weighted by atomic mass is 16.5. The molecule has 34 heavy (non-hydrogen) atoms. The Balaban J connectivity index is 0.000000350. The predicted octanol–water partition coefficient (Wildman–Crippen LogP) is 2.97. The molecule has 0 spiro atoms. The zero-order valence-electron chi connectivity index (χ0n) is 19.2. The predicted molar refractivity (Wildman–Crippen MR) is 130 cm³/mol. The average molecular weight is 467 g/mol. The molecule has 9 nitrogen and oxygen atoms in total. The van der Waals surface area contributed by atoms with Gasteiger partial charge in [0.2, 0.25) is 5.95 Å². The maximum atomic E-state index is 9.55. The summed E-state index contributed by atoms with van der Waals surface area (Å²) in [5, 5.41) is 15.6. The smallest absolute Gasteiger partial charge is 0.328 e. The number of para-hydroxylation sites is 3. The highest BCUT2D eigenvalue weighted by Gasteiger charge is 2.19. The van der Waals surface area contributed by atoms with Crippen LogP contribution in [-0.4, -0.2) is 76.4 Å². The molecule has 0 saturated carbocycles. The summed E-state index contributed by atoms with van der Waals surface area (Å²) >= 11 is 0. The van der Waals surface area contributed by atoms with Crippen molar-refractivity contribution in [2.75, 3.05) is 44.7 Å². The lowest BCUT2D eigenvalue weighted by molar-refractivity contribution is -0.134. The number of imidazole rings is 1. The second-order valence-corrected chi connectivity index (χ2v) is 7.87. The van der Waals surface area contributed by atoms with Gasteiger partial charge in [-0.2, -0.15) is 0 Å². The molecule has 0 radical (unpaired) electrons. The van der Waals surface area contributed by atoms with E-state index in [4.69, 9.17) is 19.9 Å². The Kier molecular flexibility index (Phi) is 9.04. The number of nitrogens with zero attached hydrogens (tertiary/aromatic N) is 4. The molecule has 1 aliphatic rings. The number of rotatable bonds is 7. The maximum absolute atomic E-state index is 9.55. The summed E-state index contributed by atoms with van der Waals surface area (Å²) in [4.78, 5) is 28.9. The quantitative estimate of drug-likeness (QED) is 0.512. The summed E-state index contributed by atoms with van der Waals surface area (Å²) in [7, 11) is 2.19. The van der Waals surface area contributed by atoms with Gasteiger partial charge in [-0.3, -0.25) is 0 Å². The molecule has 180 valence electrons. The molecule has 0 bridgehead atoms. The van der Waals surface area contributed by atoms with Gasteiger partial charge in [-0.05, 0) is 44.3 Å². The third kappa shape index (κ3) is 7.35. The molecule has 1 aromatic heterocycles. The van der Waals surface area contributed by atoms with E-state index in [2.05, 4.69) is 45.7 Å². The standard InChI is InChI=1S/C21H26N4O.C4H4O4/c1-23-12-7-13-24(15-14-23)21-22-19-10-5-6-11-20(19)25(21)16-17-26-18-8-3-2-4-9-18;5-3(6)1-2-4(7)8/h2-6,8-11H,7,12-17H2,1H3;1-2H,(H,5,6)(H,7,8)/b;2-1+. The molecule has 1 aliphatic heterocycles. The number of fused-ring (bicyclic) bond motifs is 1. The minimum Gasteiger partial charge on any atom is -0.492 e. The number of anilines is 1. The molecule has 2 N–H and O–H groups in total. The number of aliphatic carboxylic acids is 2. The number of carbonyl (C=O) groups is 2. The van der Waals surface area contributed by atoms with Crippen LogP contribution < -0.4 is 9.64 Å². The number of aromatic nitrogens is 2. The van der Waals surface area contributed by atoms with E-state index in [0.717, 1.165) is 49.9 Å². The summed E-state index contributed by atoms with van der Waals surface area (Å²) in [5.74, 6) is -0.534. The van der Waals surface area contributed by atoms with Crippen molar-refractivity contribution in [3.63, 3.8) is 0 Å². The lowest BCUT2D eigenvalue weighted by Crippen LogP contribution is -2.31. The fraction of sp³-hybridized carbons (Fsp3) is 0.320. The van der Waals surface area contributed by atoms with E-state index in [1.807, 2.05) is 30.3 Å². The molecule has 1 saturated heterocycles. The van der Waals surface area contributed by atoms with E-state index in [-0.39, 0.29) is 0 Å². The largest absolute Gasteiger partial charge is 0.492 e. The minimum absolute atomic E-state index is 0.558. The molecule has 2 aromatic carbocycles. The number of carboxylic acid groups (broad SMARTS) is 2. The average Bonchev–Trinajstić information content (AvgIpc) is 3.05. The van der Waals surface area contributed by atoms with Crippen LogP contribution in [0.3, 0.4) is 0 Å². The number of hydrogen-bond donors (Lipinski definition) is 2. The van der Waals surface area contributed by atoms with Crippen LogP contribution >= 0.6 is 0 Å². The van der Waals surface area contributed by atoms with E-state index in [1.165, 1.54) is 11.9 Å². The van der Waals surface area contributed by atoms with Crippen LogP contribution in [0.5, 0.6) is 5.75 Å². The van der Waals surface area contributed by atoms with Crippen LogP contribution in [0.4, 0.5) is 5.95 Å². The van der Waals surface area contributed by atoms with Crippen LogP contribution in [0.15, 0.2) is 66.7 Å². The molecule has 2 heterocycles. The van der Waals surface area contributed by atoms with Crippen molar-refractivity contribution in [2.45, 2.75) is 13.0 Å². The monoisotopic (exact) mass is 466 g/mol. The van der Waals surface area contributed by atoms with Crippen LogP contribution in [0.2, 0.25) is 0 Å². The van der Waals surface area contributed by atoms with Gasteiger partial charge in [0, 0.05) is 31.8 Å². The number of hydrogen-bond acceptors (Lipinski definition) is 6. The molecule has 1 fully saturated rings. The Morgan fingerprint density at radius 2 is 1.62 bits per heavy atom. The maximum Gasteiger partial charge on any atom is 0.328 e. The van der Waals surface area contributed by atoms with Gasteiger partial charge in [0.1, 0.15) is 12.4 Å². The van der Waals surface area contributed by atoms with Gasteiger partial charge < -0.3 is 29.3 Å². The van der Waals surface area contributed by atoms with Crippen LogP contribution in [0, 0.1) is 0 Å². The van der Waals surface area contributed by atoms with Crippen molar-refractivity contribution in [1.82, 2.24) is 14.5 Å². The van der Waals surface area contributed by atoms with Crippen LogP contribution in [0.25, 0.3) is 11.0 Å². The molecule has 0 unspecified atom stereocenters. The summed E-state index contributed by atoms with van der Waals surface area (Å²) in [6, 6.07) is 18.4. The van der Waals surface area contributed by atoms with Gasteiger partial charge in [0.05, 0.1) is 17.6 Å². The lowest BCUT2D eigenvalue weighted by Gasteiger charge is -2.23. The highest BCUT2D eigenvalue weighted by molar-refractivity contribution is 5.89. The fourth-order valence-corrected chi connectivity index (χ4v) is 3.69. The van der Waals surface area contributed by atoms with Gasteiger partial charge in [-0.1, -0.05) is 30.3 Å². The van der Waals surface area contributed by atoms with Gasteiger partial charge >= 0.3 is 11.9 Å². The second-order valence-electron chi connectivity index (χ2n) is 7.87. The molecular formula is C25H30N4O5. The van der Waals surface area contributed by atoms with Crippen molar-refractivity contribution < 1.29 is 24.5 Å². The van der Waals surface area contributed by atoms with Crippen LogP contribution in [-0.2, 0) is 16.1 Å². The molecule has 9 heteroatoms. The highest BCUT2D eigenvalue weighted by Crippen LogP contribution is 2.24. The summed E-state index contributed by atoms with van der Waals surface area (Å²) in [6.45, 7) is 5.70. The number of carboxylic acids is 2. The van der Waals surface area contributed by atoms with Crippen molar-refractivity contribution in [1.29, 1.82) is 0 Å². The third-order valence-corrected chi connectivity index (χ3v) is 5.33. The topological polar surface area (TPSA) is 108 Å². The Hall–Kier alpha value is -3.85. The van der Waals surface area contributed by atoms with Gasteiger partial charge in [0.15, 0.2) is 0 Å². The Morgan fingerprint density at radius 3 is 2.32 bits per heavy atom. The Bertz CT molecular complexity index is 1100. The first-order chi connectivity index (χ1) is 16.4. The van der Waals surface area contributed by atoms with E-state index in [1.54, 1.807) is 0 Å². The first-order valence-electron chi connectivity index (χ1n) is 11.1. The van der Waals surface area contributed by atoms with Crippen molar-refractivity contribution in [3.05, 3.63) is 66.7 Å². The van der Waals surface area contributed by atoms with Gasteiger partial charge in [-0.15, -0.1) is 0 Å². The molecule has 0 aliphatic carbocycles. The summed E-state index contributed by atoms with van der Waals surface area (Å²) in [6.07, 6.45) is 2.28.